The molecular formula is C54H40F4IrN2O2-2. The van der Waals surface area contributed by atoms with Gasteiger partial charge in [0.2, 0.25) is 0 Å². The molecule has 0 atom stereocenters. The van der Waals surface area contributed by atoms with Crippen LogP contribution in [0.4, 0.5) is 17.6 Å². The standard InChI is InChI=1S/C42H31F3NO2.C12H9FN.Ir/c1-23(2)33-20-27(25-10-6-5-7-11-25)21-34(24(3)4)37(33)31-13-9-15-36-40(31)48-41(46-36)32-14-8-12-29-30-19-17-26-16-18-28(42(43,44)45)22-35(26)39(30)47-38(29)32;1-9-2-7-12(14-8-9)10-3-5-11(13)6-4-10;/h5-13,15-24H,1-4H3;2-3,5-8H,1H3;/q2*-1;/i;1D3;. The van der Waals surface area contributed by atoms with Gasteiger partial charge in [-0.05, 0) is 86.9 Å². The van der Waals surface area contributed by atoms with Crippen LogP contribution in [0.1, 0.15) is 65.9 Å². The van der Waals surface area contributed by atoms with Crippen molar-refractivity contribution >= 4 is 43.8 Å². The Bertz CT molecular complexity index is 3330. The molecule has 0 bridgehead atoms. The van der Waals surface area contributed by atoms with Crippen LogP contribution in [0.25, 0.3) is 88.8 Å². The Morgan fingerprint density at radius 3 is 2.10 bits per heavy atom. The van der Waals surface area contributed by atoms with Gasteiger partial charge < -0.3 is 13.8 Å². The fourth-order valence-corrected chi connectivity index (χ4v) is 7.93. The smallest absolute Gasteiger partial charge is 0.416 e. The number of oxazole rings is 1. The van der Waals surface area contributed by atoms with E-state index in [0.29, 0.717) is 61.1 Å². The van der Waals surface area contributed by atoms with Crippen molar-refractivity contribution in [1.82, 2.24) is 9.97 Å². The maximum Gasteiger partial charge on any atom is 0.416 e. The first-order valence-electron chi connectivity index (χ1n) is 21.7. The number of hydrogen-bond donors (Lipinski definition) is 0. The molecule has 317 valence electrons. The molecule has 10 aromatic rings. The van der Waals surface area contributed by atoms with Crippen molar-refractivity contribution in [1.29, 1.82) is 0 Å². The molecule has 63 heavy (non-hydrogen) atoms. The molecule has 3 aromatic heterocycles. The van der Waals surface area contributed by atoms with Crippen molar-refractivity contribution in [2.45, 2.75) is 52.6 Å². The predicted octanol–water partition coefficient (Wildman–Crippen LogP) is 15.9. The average Bonchev–Trinajstić information content (AvgIpc) is 3.91. The number of nitrogens with zero attached hydrogens (tertiary/aromatic N) is 2. The third kappa shape index (κ3) is 8.43. The van der Waals surface area contributed by atoms with Gasteiger partial charge in [-0.1, -0.05) is 118 Å². The number of benzene rings is 7. The molecule has 4 nitrogen and oxygen atoms in total. The third-order valence-corrected chi connectivity index (χ3v) is 11.0. The molecule has 7 aromatic carbocycles. The van der Waals surface area contributed by atoms with Crippen molar-refractivity contribution < 1.29 is 50.6 Å². The summed E-state index contributed by atoms with van der Waals surface area (Å²) in [6.07, 6.45) is -3.16. The van der Waals surface area contributed by atoms with E-state index in [2.05, 4.69) is 87.3 Å². The Kier molecular flexibility index (Phi) is 10.9. The maximum atomic E-state index is 13.6. The largest absolute Gasteiger partial charge is 0.500 e. The summed E-state index contributed by atoms with van der Waals surface area (Å²) >= 11 is 0. The van der Waals surface area contributed by atoms with Gasteiger partial charge in [0.25, 0.3) is 0 Å². The third-order valence-electron chi connectivity index (χ3n) is 11.0. The van der Waals surface area contributed by atoms with E-state index < -0.39 is 18.6 Å². The molecule has 0 saturated heterocycles. The molecule has 10 rings (SSSR count). The number of fused-ring (bicyclic) bond motifs is 6. The Morgan fingerprint density at radius 1 is 0.683 bits per heavy atom. The zero-order valence-electron chi connectivity index (χ0n) is 37.5. The van der Waals surface area contributed by atoms with Crippen molar-refractivity contribution in [3.05, 3.63) is 180 Å². The van der Waals surface area contributed by atoms with Crippen LogP contribution in [0.2, 0.25) is 0 Å². The molecule has 0 aliphatic rings. The second-order valence-electron chi connectivity index (χ2n) is 15.8. The van der Waals surface area contributed by atoms with Crippen molar-refractivity contribution in [3.8, 4) is 45.0 Å². The SMILES string of the molecule is CC(C)c1cc(-c2ccccc2)cc(C(C)C)c1-c1cccc2nc(-c3[c-]ccc4c3oc3c5cc(C(F)(F)F)ccc5ccc43)oc12.[2H]C([2H])([2H])c1ccc(-c2[c-]cc(F)cc2)nc1.[Ir]. The quantitative estimate of drug-likeness (QED) is 0.123. The van der Waals surface area contributed by atoms with Gasteiger partial charge in [0.15, 0.2) is 0 Å². The van der Waals surface area contributed by atoms with Crippen LogP contribution >= 0.6 is 0 Å². The molecule has 1 radical (unpaired) electrons. The molecule has 3 heterocycles. The normalized spacial score (nSPS) is 12.6. The number of para-hydroxylation sites is 1. The summed E-state index contributed by atoms with van der Waals surface area (Å²) < 4.78 is 88.3. The van der Waals surface area contributed by atoms with Gasteiger partial charge >= 0.3 is 6.18 Å². The molecule has 0 unspecified atom stereocenters. The minimum atomic E-state index is -4.47. The van der Waals surface area contributed by atoms with E-state index in [0.717, 1.165) is 28.6 Å². The van der Waals surface area contributed by atoms with Gasteiger partial charge in [-0.15, -0.1) is 48.0 Å². The Labute approximate surface area is 380 Å². The van der Waals surface area contributed by atoms with E-state index in [-0.39, 0.29) is 43.3 Å². The number of furan rings is 1. The van der Waals surface area contributed by atoms with Gasteiger partial charge in [-0.2, -0.15) is 13.2 Å². The molecular weight excluding hydrogens is 977 g/mol. The molecule has 0 spiro atoms. The van der Waals surface area contributed by atoms with Crippen LogP contribution in [0, 0.1) is 24.8 Å². The summed E-state index contributed by atoms with van der Waals surface area (Å²) in [6, 6.07) is 45.2. The first kappa shape index (κ1) is 39.4. The van der Waals surface area contributed by atoms with E-state index >= 15 is 0 Å². The predicted molar refractivity (Wildman–Crippen MR) is 240 cm³/mol. The van der Waals surface area contributed by atoms with Crippen LogP contribution in [0.3, 0.4) is 0 Å². The average molecular weight is 1020 g/mol. The van der Waals surface area contributed by atoms with Crippen LogP contribution in [-0.4, -0.2) is 9.97 Å². The van der Waals surface area contributed by atoms with Crippen LogP contribution < -0.4 is 0 Å². The minimum absolute atomic E-state index is 0. The van der Waals surface area contributed by atoms with Crippen LogP contribution in [0.5, 0.6) is 0 Å². The molecule has 0 fully saturated rings. The Hall–Kier alpha value is -6.41. The maximum absolute atomic E-state index is 13.6. The number of rotatable bonds is 6. The fourth-order valence-electron chi connectivity index (χ4n) is 7.93. The number of aryl methyl sites for hydroxylation is 1. The van der Waals surface area contributed by atoms with E-state index in [1.165, 1.54) is 52.7 Å². The van der Waals surface area contributed by atoms with Crippen molar-refractivity contribution in [3.63, 3.8) is 0 Å². The summed E-state index contributed by atoms with van der Waals surface area (Å²) in [5.41, 5.74) is 10.3. The summed E-state index contributed by atoms with van der Waals surface area (Å²) in [6.45, 7) is 6.69. The van der Waals surface area contributed by atoms with E-state index in [1.54, 1.807) is 18.2 Å². The zero-order chi connectivity index (χ0) is 45.8. The molecule has 0 aliphatic carbocycles. The number of alkyl halides is 3. The molecule has 0 saturated carbocycles. The van der Waals surface area contributed by atoms with Gasteiger partial charge in [0.05, 0.1) is 16.7 Å². The Balaban J connectivity index is 0.000000278. The first-order valence-corrected chi connectivity index (χ1v) is 20.2. The van der Waals surface area contributed by atoms with E-state index in [9.17, 15) is 17.6 Å². The fraction of sp³-hybridized carbons (Fsp3) is 0.148. The number of hydrogen-bond acceptors (Lipinski definition) is 4. The van der Waals surface area contributed by atoms with Crippen LogP contribution in [-0.2, 0) is 26.3 Å². The number of pyridine rings is 1. The molecule has 0 aliphatic heterocycles. The van der Waals surface area contributed by atoms with Gasteiger partial charge in [-0.3, -0.25) is 9.37 Å². The van der Waals surface area contributed by atoms with Gasteiger partial charge in [0.1, 0.15) is 17.1 Å². The van der Waals surface area contributed by atoms with E-state index in [4.69, 9.17) is 17.9 Å². The summed E-state index contributed by atoms with van der Waals surface area (Å²) in [7, 11) is 0. The number of halogens is 4. The van der Waals surface area contributed by atoms with Crippen LogP contribution in [0.15, 0.2) is 148 Å². The monoisotopic (exact) mass is 1020 g/mol. The summed E-state index contributed by atoms with van der Waals surface area (Å²) in [5.74, 6) is 0.446. The topological polar surface area (TPSA) is 52.1 Å². The van der Waals surface area contributed by atoms with Crippen molar-refractivity contribution in [2.75, 3.05) is 0 Å². The van der Waals surface area contributed by atoms with Gasteiger partial charge in [-0.25, -0.2) is 0 Å². The summed E-state index contributed by atoms with van der Waals surface area (Å²) in [4.78, 5) is 8.94. The number of aromatic nitrogens is 2. The summed E-state index contributed by atoms with van der Waals surface area (Å²) in [5, 5.41) is 2.52. The first-order chi connectivity index (χ1) is 31.0. The zero-order valence-corrected chi connectivity index (χ0v) is 36.9. The Morgan fingerprint density at radius 2 is 1.43 bits per heavy atom. The second-order valence-corrected chi connectivity index (χ2v) is 15.8. The second kappa shape index (κ2) is 17.4. The van der Waals surface area contributed by atoms with Crippen molar-refractivity contribution in [2.24, 2.45) is 0 Å². The molecule has 9 heteroatoms. The molecule has 0 amide bonds. The molecule has 0 N–H and O–H groups in total. The van der Waals surface area contributed by atoms with E-state index in [1.807, 2.05) is 36.4 Å². The minimum Gasteiger partial charge on any atom is -0.500 e. The van der Waals surface area contributed by atoms with Gasteiger partial charge in [0, 0.05) is 52.6 Å².